The molecule has 4 rings (SSSR count). The molecule has 0 aromatic carbocycles. The SMILES string of the molecule is Cc1noc(C)c1-c1cnc2c(I)c(C(F)(F)F)n(C(C)c3ccccn3)c2c1. The summed E-state index contributed by atoms with van der Waals surface area (Å²) in [5.74, 6) is 0.588. The van der Waals surface area contributed by atoms with E-state index in [0.29, 0.717) is 33.7 Å². The third-order valence-corrected chi connectivity index (χ3v) is 5.90. The van der Waals surface area contributed by atoms with Gasteiger partial charge in [-0.3, -0.25) is 9.97 Å². The summed E-state index contributed by atoms with van der Waals surface area (Å²) < 4.78 is 48.6. The highest BCUT2D eigenvalue weighted by Crippen LogP contribution is 2.42. The van der Waals surface area contributed by atoms with Crippen LogP contribution < -0.4 is 0 Å². The van der Waals surface area contributed by atoms with E-state index in [1.807, 2.05) is 0 Å². The maximum atomic E-state index is 14.0. The predicted octanol–water partition coefficient (Wildman–Crippen LogP) is 5.94. The van der Waals surface area contributed by atoms with Gasteiger partial charge in [-0.25, -0.2) is 0 Å². The van der Waals surface area contributed by atoms with Crippen molar-refractivity contribution < 1.29 is 17.7 Å². The Balaban J connectivity index is 2.04. The normalized spacial score (nSPS) is 13.2. The van der Waals surface area contributed by atoms with E-state index < -0.39 is 17.9 Å². The number of hydrogen-bond donors (Lipinski definition) is 0. The Bertz CT molecular complexity index is 1180. The second-order valence-corrected chi connectivity index (χ2v) is 7.83. The fourth-order valence-corrected chi connectivity index (χ4v) is 4.58. The highest BCUT2D eigenvalue weighted by Gasteiger charge is 2.40. The molecule has 1 unspecified atom stereocenters. The number of hydrogen-bond acceptors (Lipinski definition) is 4. The molecule has 150 valence electrons. The van der Waals surface area contributed by atoms with E-state index in [2.05, 4.69) is 15.1 Å². The fraction of sp³-hybridized carbons (Fsp3) is 0.250. The Morgan fingerprint density at radius 3 is 2.52 bits per heavy atom. The molecule has 4 aromatic rings. The summed E-state index contributed by atoms with van der Waals surface area (Å²) in [5.41, 5.74) is 2.55. The van der Waals surface area contributed by atoms with Crippen molar-refractivity contribution in [2.24, 2.45) is 0 Å². The minimum atomic E-state index is -4.54. The molecule has 0 bridgehead atoms. The third kappa shape index (κ3) is 3.30. The van der Waals surface area contributed by atoms with E-state index in [4.69, 9.17) is 4.52 Å². The molecule has 0 amide bonds. The quantitative estimate of drug-likeness (QED) is 0.319. The van der Waals surface area contributed by atoms with Gasteiger partial charge in [0.15, 0.2) is 0 Å². The lowest BCUT2D eigenvalue weighted by atomic mass is 10.1. The number of aryl methyl sites for hydroxylation is 2. The molecule has 29 heavy (non-hydrogen) atoms. The van der Waals surface area contributed by atoms with Crippen molar-refractivity contribution in [1.29, 1.82) is 0 Å². The summed E-state index contributed by atoms with van der Waals surface area (Å²) in [7, 11) is 0. The lowest BCUT2D eigenvalue weighted by molar-refractivity contribution is -0.144. The molecular weight excluding hydrogens is 496 g/mol. The summed E-state index contributed by atoms with van der Waals surface area (Å²) in [6.45, 7) is 5.26. The first-order valence-electron chi connectivity index (χ1n) is 8.81. The molecule has 0 aliphatic carbocycles. The zero-order chi connectivity index (χ0) is 20.9. The first kappa shape index (κ1) is 19.9. The molecule has 0 radical (unpaired) electrons. The van der Waals surface area contributed by atoms with Gasteiger partial charge in [0.25, 0.3) is 0 Å². The molecule has 0 spiro atoms. The van der Waals surface area contributed by atoms with Crippen molar-refractivity contribution in [3.05, 3.63) is 63.1 Å². The van der Waals surface area contributed by atoms with Crippen LogP contribution in [0.5, 0.6) is 0 Å². The molecule has 4 heterocycles. The Morgan fingerprint density at radius 2 is 1.93 bits per heavy atom. The first-order valence-corrected chi connectivity index (χ1v) is 9.88. The Labute approximate surface area is 178 Å². The van der Waals surface area contributed by atoms with E-state index in [-0.39, 0.29) is 3.57 Å². The van der Waals surface area contributed by atoms with E-state index >= 15 is 0 Å². The summed E-state index contributed by atoms with van der Waals surface area (Å²) in [6, 6.07) is 6.28. The number of nitrogens with zero attached hydrogens (tertiary/aromatic N) is 4. The average Bonchev–Trinajstić information content (AvgIpc) is 3.17. The maximum absolute atomic E-state index is 14.0. The van der Waals surface area contributed by atoms with Crippen molar-refractivity contribution in [2.75, 3.05) is 0 Å². The van der Waals surface area contributed by atoms with Gasteiger partial charge in [0.05, 0.1) is 26.5 Å². The fourth-order valence-electron chi connectivity index (χ4n) is 3.59. The van der Waals surface area contributed by atoms with Crippen LogP contribution >= 0.6 is 22.6 Å². The van der Waals surface area contributed by atoms with Crippen LogP contribution in [0.4, 0.5) is 13.2 Å². The standard InChI is InChI=1S/C20H16F3IN4O/c1-10-16(12(3)29-27-10)13-8-15-18(26-9-13)17(24)19(20(21,22)23)28(15)11(2)14-6-4-5-7-25-14/h4-9,11H,1-3H3. The molecule has 0 fully saturated rings. The van der Waals surface area contributed by atoms with Gasteiger partial charge in [-0.15, -0.1) is 0 Å². The largest absolute Gasteiger partial charge is 0.432 e. The lowest BCUT2D eigenvalue weighted by Crippen LogP contribution is -2.19. The van der Waals surface area contributed by atoms with Crippen LogP contribution in [0.15, 0.2) is 41.2 Å². The van der Waals surface area contributed by atoms with E-state index in [1.165, 1.54) is 4.57 Å². The number of alkyl halides is 3. The minimum absolute atomic E-state index is 0.0678. The molecule has 0 aliphatic rings. The highest BCUT2D eigenvalue weighted by atomic mass is 127. The van der Waals surface area contributed by atoms with Gasteiger partial charge in [-0.05, 0) is 61.6 Å². The third-order valence-electron chi connectivity index (χ3n) is 4.88. The number of rotatable bonds is 3. The van der Waals surface area contributed by atoms with Gasteiger partial charge in [-0.2, -0.15) is 13.2 Å². The van der Waals surface area contributed by atoms with Crippen LogP contribution in [0, 0.1) is 17.4 Å². The van der Waals surface area contributed by atoms with Gasteiger partial charge < -0.3 is 9.09 Å². The van der Waals surface area contributed by atoms with Gasteiger partial charge in [0, 0.05) is 23.5 Å². The van der Waals surface area contributed by atoms with E-state index in [0.717, 1.165) is 5.56 Å². The zero-order valence-corrected chi connectivity index (χ0v) is 17.9. The monoisotopic (exact) mass is 512 g/mol. The van der Waals surface area contributed by atoms with E-state index in [1.54, 1.807) is 80.0 Å². The van der Waals surface area contributed by atoms with Crippen molar-refractivity contribution in [3.63, 3.8) is 0 Å². The Morgan fingerprint density at radius 1 is 1.17 bits per heavy atom. The van der Waals surface area contributed by atoms with Crippen molar-refractivity contribution in [3.8, 4) is 11.1 Å². The van der Waals surface area contributed by atoms with Gasteiger partial charge in [-0.1, -0.05) is 11.2 Å². The summed E-state index contributed by atoms with van der Waals surface area (Å²) in [4.78, 5) is 8.63. The molecular formula is C20H16F3IN4O. The second-order valence-electron chi connectivity index (χ2n) is 6.75. The number of fused-ring (bicyclic) bond motifs is 1. The average molecular weight is 512 g/mol. The van der Waals surface area contributed by atoms with E-state index in [9.17, 15) is 13.2 Å². The number of pyridine rings is 2. The Kier molecular flexibility index (Phi) is 4.88. The van der Waals surface area contributed by atoms with Crippen LogP contribution in [0.2, 0.25) is 0 Å². The summed E-state index contributed by atoms with van der Waals surface area (Å²) in [5, 5.41) is 3.94. The van der Waals surface area contributed by atoms with Crippen LogP contribution in [0.3, 0.4) is 0 Å². The summed E-state index contributed by atoms with van der Waals surface area (Å²) in [6.07, 6.45) is -1.40. The van der Waals surface area contributed by atoms with Crippen molar-refractivity contribution >= 4 is 33.6 Å². The Hall–Kier alpha value is -2.43. The van der Waals surface area contributed by atoms with Crippen LogP contribution in [-0.4, -0.2) is 19.7 Å². The minimum Gasteiger partial charge on any atom is -0.361 e. The first-order chi connectivity index (χ1) is 13.7. The smallest absolute Gasteiger partial charge is 0.361 e. The molecule has 0 saturated carbocycles. The molecule has 0 aliphatic heterocycles. The van der Waals surface area contributed by atoms with Crippen LogP contribution in [-0.2, 0) is 6.18 Å². The molecule has 9 heteroatoms. The molecule has 5 nitrogen and oxygen atoms in total. The topological polar surface area (TPSA) is 56.7 Å². The van der Waals surface area contributed by atoms with Crippen molar-refractivity contribution in [2.45, 2.75) is 33.0 Å². The molecule has 4 aromatic heterocycles. The highest BCUT2D eigenvalue weighted by molar-refractivity contribution is 14.1. The van der Waals surface area contributed by atoms with Crippen LogP contribution in [0.1, 0.15) is 35.8 Å². The van der Waals surface area contributed by atoms with Gasteiger partial charge >= 0.3 is 6.18 Å². The summed E-state index contributed by atoms with van der Waals surface area (Å²) >= 11 is 1.72. The molecule has 0 N–H and O–H groups in total. The van der Waals surface area contributed by atoms with Gasteiger partial charge in [0.2, 0.25) is 0 Å². The predicted molar refractivity (Wildman–Crippen MR) is 110 cm³/mol. The zero-order valence-electron chi connectivity index (χ0n) is 15.8. The lowest BCUT2D eigenvalue weighted by Gasteiger charge is -2.20. The number of aromatic nitrogens is 4. The molecule has 0 saturated heterocycles. The van der Waals surface area contributed by atoms with Gasteiger partial charge in [0.1, 0.15) is 17.0 Å². The number of halogens is 4. The second kappa shape index (κ2) is 7.12. The van der Waals surface area contributed by atoms with Crippen LogP contribution in [0.25, 0.3) is 22.2 Å². The molecule has 1 atom stereocenters. The van der Waals surface area contributed by atoms with Crippen molar-refractivity contribution in [1.82, 2.24) is 19.7 Å². The maximum Gasteiger partial charge on any atom is 0.432 e.